The molecule has 5 heteroatoms. The van der Waals surface area contributed by atoms with E-state index in [1.165, 1.54) is 7.11 Å². The quantitative estimate of drug-likeness (QED) is 0.607. The predicted octanol–water partition coefficient (Wildman–Crippen LogP) is 4.05. The molecule has 0 bridgehead atoms. The molecule has 0 saturated carbocycles. The van der Waals surface area contributed by atoms with Gasteiger partial charge in [0.2, 0.25) is 0 Å². The number of rotatable bonds is 5. The van der Waals surface area contributed by atoms with Crippen LogP contribution in [0.4, 0.5) is 0 Å². The van der Waals surface area contributed by atoms with Crippen LogP contribution in [0.2, 0.25) is 0 Å². The lowest BCUT2D eigenvalue weighted by Gasteiger charge is -2.24. The van der Waals surface area contributed by atoms with Gasteiger partial charge in [-0.05, 0) is 67.5 Å². The number of esters is 1. The zero-order valence-electron chi connectivity index (χ0n) is 12.5. The van der Waals surface area contributed by atoms with Gasteiger partial charge in [0.25, 0.3) is 0 Å². The van der Waals surface area contributed by atoms with Crippen LogP contribution in [0.15, 0.2) is 12.1 Å². The molecule has 0 fully saturated rings. The van der Waals surface area contributed by atoms with Crippen molar-refractivity contribution in [3.63, 3.8) is 0 Å². The fourth-order valence-electron chi connectivity index (χ4n) is 1.52. The fraction of sp³-hybridized carbons (Fsp3) is 0.533. The Morgan fingerprint density at radius 3 is 2.55 bits per heavy atom. The largest absolute Gasteiger partial charge is 0.504 e. The summed E-state index contributed by atoms with van der Waals surface area (Å²) < 4.78 is 11.3. The highest BCUT2D eigenvalue weighted by molar-refractivity contribution is 14.1. The van der Waals surface area contributed by atoms with E-state index in [1.807, 2.05) is 50.3 Å². The van der Waals surface area contributed by atoms with Crippen LogP contribution in [0.5, 0.6) is 11.5 Å². The van der Waals surface area contributed by atoms with E-state index in [0.29, 0.717) is 9.32 Å². The highest BCUT2D eigenvalue weighted by Crippen LogP contribution is 2.35. The third-order valence-corrected chi connectivity index (χ3v) is 4.28. The Kier molecular flexibility index (Phi) is 5.68. The van der Waals surface area contributed by atoms with Crippen molar-refractivity contribution in [2.45, 2.75) is 40.2 Å². The van der Waals surface area contributed by atoms with Crippen molar-refractivity contribution < 1.29 is 19.4 Å². The third kappa shape index (κ3) is 3.77. The van der Waals surface area contributed by atoms with E-state index in [-0.39, 0.29) is 11.7 Å². The Labute approximate surface area is 133 Å². The third-order valence-electron chi connectivity index (χ3n) is 3.46. The van der Waals surface area contributed by atoms with Gasteiger partial charge < -0.3 is 14.6 Å². The minimum Gasteiger partial charge on any atom is -0.504 e. The first-order valence-corrected chi connectivity index (χ1v) is 7.58. The summed E-state index contributed by atoms with van der Waals surface area (Å²) >= 11 is 2.02. The summed E-state index contributed by atoms with van der Waals surface area (Å²) in [6.45, 7) is 7.50. The topological polar surface area (TPSA) is 55.8 Å². The zero-order chi connectivity index (χ0) is 15.5. The van der Waals surface area contributed by atoms with E-state index in [0.717, 1.165) is 12.0 Å². The molecule has 1 unspecified atom stereocenters. The summed E-state index contributed by atoms with van der Waals surface area (Å²) in [5, 5.41) is 9.81. The van der Waals surface area contributed by atoms with Gasteiger partial charge in [0.1, 0.15) is 6.10 Å². The number of hydrogen-bond acceptors (Lipinski definition) is 4. The number of phenolic OH excluding ortho intramolecular Hbond substituents is 1. The molecular formula is C15H21IO4. The number of aromatic hydroxyl groups is 1. The Bertz CT molecular complexity index is 497. The van der Waals surface area contributed by atoms with Crippen LogP contribution in [0.1, 0.15) is 45.8 Å². The summed E-state index contributed by atoms with van der Waals surface area (Å²) in [5.41, 5.74) is 0.298. The van der Waals surface area contributed by atoms with Gasteiger partial charge in [-0.3, -0.25) is 4.79 Å². The smallest absolute Gasteiger partial charge is 0.312 e. The van der Waals surface area contributed by atoms with Gasteiger partial charge in [0.05, 0.1) is 16.1 Å². The number of benzene rings is 1. The lowest BCUT2D eigenvalue weighted by atomic mass is 9.90. The van der Waals surface area contributed by atoms with Crippen molar-refractivity contribution in [1.29, 1.82) is 0 Å². The van der Waals surface area contributed by atoms with Gasteiger partial charge in [-0.1, -0.05) is 6.92 Å². The molecule has 0 aliphatic rings. The Morgan fingerprint density at radius 1 is 1.45 bits per heavy atom. The number of halogens is 1. The summed E-state index contributed by atoms with van der Waals surface area (Å²) in [4.78, 5) is 12.1. The number of carbonyl (C=O) groups is 1. The van der Waals surface area contributed by atoms with Gasteiger partial charge in [-0.15, -0.1) is 0 Å². The summed E-state index contributed by atoms with van der Waals surface area (Å²) in [6, 6.07) is 3.48. The molecule has 1 N–H and O–H groups in total. The van der Waals surface area contributed by atoms with Gasteiger partial charge >= 0.3 is 5.97 Å². The molecule has 0 saturated heterocycles. The van der Waals surface area contributed by atoms with Crippen LogP contribution in [-0.4, -0.2) is 18.2 Å². The first-order chi connectivity index (χ1) is 9.22. The molecule has 20 heavy (non-hydrogen) atoms. The number of carbonyl (C=O) groups excluding carboxylic acids is 1. The molecule has 112 valence electrons. The average Bonchev–Trinajstić information content (AvgIpc) is 2.41. The second-order valence-electron chi connectivity index (χ2n) is 5.34. The van der Waals surface area contributed by atoms with E-state index in [2.05, 4.69) is 0 Å². The molecule has 4 nitrogen and oxygen atoms in total. The van der Waals surface area contributed by atoms with Gasteiger partial charge in [-0.2, -0.15) is 0 Å². The average molecular weight is 392 g/mol. The van der Waals surface area contributed by atoms with E-state index < -0.39 is 11.5 Å². The van der Waals surface area contributed by atoms with Crippen molar-refractivity contribution in [2.24, 2.45) is 5.41 Å². The summed E-state index contributed by atoms with van der Waals surface area (Å²) in [7, 11) is 1.49. The van der Waals surface area contributed by atoms with Crippen molar-refractivity contribution in [1.82, 2.24) is 0 Å². The standard InChI is InChI=1S/C15H21IO4/c1-6-15(3,4)14(18)20-9(2)10-7-11(16)13(17)12(8-10)19-5/h7-9,17H,6H2,1-5H3. The van der Waals surface area contributed by atoms with Crippen LogP contribution >= 0.6 is 22.6 Å². The van der Waals surface area contributed by atoms with Crippen LogP contribution in [-0.2, 0) is 9.53 Å². The van der Waals surface area contributed by atoms with E-state index in [9.17, 15) is 9.90 Å². The molecule has 1 atom stereocenters. The summed E-state index contributed by atoms with van der Waals surface area (Å²) in [5.74, 6) is 0.253. The Balaban J connectivity index is 2.96. The maximum Gasteiger partial charge on any atom is 0.312 e. The number of hydrogen-bond donors (Lipinski definition) is 1. The van der Waals surface area contributed by atoms with Gasteiger partial charge in [0, 0.05) is 0 Å². The van der Waals surface area contributed by atoms with Crippen molar-refractivity contribution in [3.8, 4) is 11.5 Å². The van der Waals surface area contributed by atoms with E-state index in [4.69, 9.17) is 9.47 Å². The van der Waals surface area contributed by atoms with E-state index >= 15 is 0 Å². The molecule has 0 spiro atoms. The molecule has 0 aliphatic carbocycles. The fourth-order valence-corrected chi connectivity index (χ4v) is 2.14. The molecule has 0 amide bonds. The predicted molar refractivity (Wildman–Crippen MR) is 86.0 cm³/mol. The molecular weight excluding hydrogens is 371 g/mol. The first kappa shape index (κ1) is 17.1. The van der Waals surface area contributed by atoms with Crippen LogP contribution < -0.4 is 4.74 Å². The summed E-state index contributed by atoms with van der Waals surface area (Å²) in [6.07, 6.45) is 0.325. The lowest BCUT2D eigenvalue weighted by Crippen LogP contribution is -2.26. The van der Waals surface area contributed by atoms with Crippen molar-refractivity contribution in [2.75, 3.05) is 7.11 Å². The molecule has 0 radical (unpaired) electrons. The number of phenols is 1. The van der Waals surface area contributed by atoms with Gasteiger partial charge in [-0.25, -0.2) is 0 Å². The SMILES string of the molecule is CCC(C)(C)C(=O)OC(C)c1cc(I)c(O)c(OC)c1. The maximum absolute atomic E-state index is 12.1. The monoisotopic (exact) mass is 392 g/mol. The Hall–Kier alpha value is -0.980. The Morgan fingerprint density at radius 2 is 2.05 bits per heavy atom. The zero-order valence-corrected chi connectivity index (χ0v) is 14.6. The minimum atomic E-state index is -0.498. The number of methoxy groups -OCH3 is 1. The van der Waals surface area contributed by atoms with Gasteiger partial charge in [0.15, 0.2) is 11.5 Å². The van der Waals surface area contributed by atoms with Crippen LogP contribution in [0, 0.1) is 8.99 Å². The van der Waals surface area contributed by atoms with Crippen LogP contribution in [0.3, 0.4) is 0 Å². The molecule has 0 aliphatic heterocycles. The second-order valence-corrected chi connectivity index (χ2v) is 6.50. The van der Waals surface area contributed by atoms with Crippen molar-refractivity contribution in [3.05, 3.63) is 21.3 Å². The first-order valence-electron chi connectivity index (χ1n) is 6.50. The normalized spacial score (nSPS) is 12.9. The number of ether oxygens (including phenoxy) is 2. The molecule has 1 rings (SSSR count). The van der Waals surface area contributed by atoms with E-state index in [1.54, 1.807) is 12.1 Å². The molecule has 0 aromatic heterocycles. The van der Waals surface area contributed by atoms with Crippen LogP contribution in [0.25, 0.3) is 0 Å². The maximum atomic E-state index is 12.1. The highest BCUT2D eigenvalue weighted by atomic mass is 127. The highest BCUT2D eigenvalue weighted by Gasteiger charge is 2.29. The minimum absolute atomic E-state index is 0.101. The second kappa shape index (κ2) is 6.65. The molecule has 0 heterocycles. The molecule has 1 aromatic carbocycles. The molecule has 1 aromatic rings. The van der Waals surface area contributed by atoms with Crippen molar-refractivity contribution >= 4 is 28.6 Å². The lowest BCUT2D eigenvalue weighted by molar-refractivity contribution is -0.159.